The quantitative estimate of drug-likeness (QED) is 0.636. The van der Waals surface area contributed by atoms with Gasteiger partial charge in [-0.1, -0.05) is 30.3 Å². The number of carbonyl (C=O) groups is 1. The number of hydrogen-bond donors (Lipinski definition) is 2. The van der Waals surface area contributed by atoms with Crippen LogP contribution in [-0.2, 0) is 4.79 Å². The summed E-state index contributed by atoms with van der Waals surface area (Å²) >= 11 is 0. The lowest BCUT2D eigenvalue weighted by atomic mass is 10.1. The number of benzene rings is 2. The fourth-order valence-corrected chi connectivity index (χ4v) is 1.82. The Hall–Kier alpha value is -2.82. The minimum absolute atomic E-state index is 0.151. The Labute approximate surface area is 130 Å². The number of hydrogen-bond acceptors (Lipinski definition) is 4. The molecule has 0 bridgehead atoms. The fourth-order valence-electron chi connectivity index (χ4n) is 1.82. The topological polar surface area (TPSA) is 62.7 Å². The predicted octanol–water partition coefficient (Wildman–Crippen LogP) is 2.65. The van der Waals surface area contributed by atoms with Gasteiger partial charge in [0.2, 0.25) is 0 Å². The molecule has 0 aliphatic rings. The van der Waals surface area contributed by atoms with E-state index in [1.165, 1.54) is 0 Å². The summed E-state index contributed by atoms with van der Waals surface area (Å²) in [6.45, 7) is 2.00. The zero-order valence-electron chi connectivity index (χ0n) is 12.7. The van der Waals surface area contributed by atoms with E-state index in [9.17, 15) is 4.79 Å². The van der Waals surface area contributed by atoms with Crippen molar-refractivity contribution in [2.45, 2.75) is 6.92 Å². The van der Waals surface area contributed by atoms with E-state index >= 15 is 0 Å². The number of amides is 1. The van der Waals surface area contributed by atoms with Crippen LogP contribution in [0.4, 0.5) is 5.69 Å². The van der Waals surface area contributed by atoms with Crippen LogP contribution in [0.5, 0.6) is 5.75 Å². The second-order valence-electron chi connectivity index (χ2n) is 4.68. The lowest BCUT2D eigenvalue weighted by molar-refractivity contribution is -0.119. The van der Waals surface area contributed by atoms with Gasteiger partial charge in [-0.05, 0) is 36.8 Å². The van der Waals surface area contributed by atoms with Gasteiger partial charge >= 0.3 is 0 Å². The molecule has 22 heavy (non-hydrogen) atoms. The largest absolute Gasteiger partial charge is 0.497 e. The van der Waals surface area contributed by atoms with Gasteiger partial charge in [-0.15, -0.1) is 0 Å². The number of rotatable bonds is 6. The standard InChI is InChI=1S/C17H19N3O2/c1-13(14-6-4-3-5-7-14)19-20-17(21)12-18-15-8-10-16(22-2)11-9-15/h3-11,18H,12H2,1-2H3,(H,20,21)/b19-13+. The molecule has 5 heteroatoms. The van der Waals surface area contributed by atoms with Crippen LogP contribution >= 0.6 is 0 Å². The lowest BCUT2D eigenvalue weighted by Crippen LogP contribution is -2.26. The van der Waals surface area contributed by atoms with E-state index in [0.29, 0.717) is 0 Å². The Kier molecular flexibility index (Phi) is 5.54. The van der Waals surface area contributed by atoms with Crippen molar-refractivity contribution >= 4 is 17.3 Å². The van der Waals surface area contributed by atoms with E-state index in [0.717, 1.165) is 22.7 Å². The summed E-state index contributed by atoms with van der Waals surface area (Å²) in [6, 6.07) is 17.1. The first-order valence-electron chi connectivity index (χ1n) is 6.95. The third-order valence-electron chi connectivity index (χ3n) is 3.08. The molecule has 0 unspecified atom stereocenters. The molecule has 0 saturated carbocycles. The van der Waals surface area contributed by atoms with E-state index in [4.69, 9.17) is 4.74 Å². The van der Waals surface area contributed by atoms with Gasteiger partial charge in [0, 0.05) is 5.69 Å². The zero-order chi connectivity index (χ0) is 15.8. The van der Waals surface area contributed by atoms with Crippen LogP contribution in [0.2, 0.25) is 0 Å². The van der Waals surface area contributed by atoms with Crippen LogP contribution in [0.1, 0.15) is 12.5 Å². The van der Waals surface area contributed by atoms with Gasteiger partial charge in [0.1, 0.15) is 5.75 Å². The SMILES string of the molecule is COc1ccc(NCC(=O)N/N=C(\C)c2ccccc2)cc1. The summed E-state index contributed by atoms with van der Waals surface area (Å²) in [4.78, 5) is 11.8. The molecule has 2 N–H and O–H groups in total. The first kappa shape index (κ1) is 15.6. The number of nitrogens with one attached hydrogen (secondary N) is 2. The smallest absolute Gasteiger partial charge is 0.259 e. The molecule has 2 aromatic rings. The summed E-state index contributed by atoms with van der Waals surface area (Å²) in [5.74, 6) is 0.573. The van der Waals surface area contributed by atoms with Crippen molar-refractivity contribution < 1.29 is 9.53 Å². The summed E-state index contributed by atoms with van der Waals surface area (Å²) in [6.07, 6.45) is 0. The molecule has 0 atom stereocenters. The van der Waals surface area contributed by atoms with Gasteiger partial charge in [-0.3, -0.25) is 4.79 Å². The van der Waals surface area contributed by atoms with Crippen LogP contribution in [-0.4, -0.2) is 25.3 Å². The maximum Gasteiger partial charge on any atom is 0.259 e. The number of carbonyl (C=O) groups excluding carboxylic acids is 1. The Morgan fingerprint density at radius 1 is 1.09 bits per heavy atom. The number of nitrogens with zero attached hydrogens (tertiary/aromatic N) is 1. The van der Waals surface area contributed by atoms with E-state index in [2.05, 4.69) is 15.8 Å². The summed E-state index contributed by atoms with van der Waals surface area (Å²) in [7, 11) is 1.61. The molecule has 0 radical (unpaired) electrons. The molecular formula is C17H19N3O2. The molecule has 0 heterocycles. The number of methoxy groups -OCH3 is 1. The molecule has 0 aliphatic heterocycles. The number of ether oxygens (including phenoxy) is 1. The van der Waals surface area contributed by atoms with Crippen molar-refractivity contribution in [3.63, 3.8) is 0 Å². The van der Waals surface area contributed by atoms with Gasteiger partial charge in [-0.25, -0.2) is 5.43 Å². The molecule has 5 nitrogen and oxygen atoms in total. The van der Waals surface area contributed by atoms with Crippen LogP contribution in [0.25, 0.3) is 0 Å². The summed E-state index contributed by atoms with van der Waals surface area (Å²) in [5, 5.41) is 7.11. The van der Waals surface area contributed by atoms with Gasteiger partial charge in [0.15, 0.2) is 0 Å². The normalized spacial score (nSPS) is 10.9. The van der Waals surface area contributed by atoms with Gasteiger partial charge in [-0.2, -0.15) is 5.10 Å². The maximum absolute atomic E-state index is 11.8. The first-order chi connectivity index (χ1) is 10.7. The van der Waals surface area contributed by atoms with Crippen molar-refractivity contribution in [3.05, 3.63) is 60.2 Å². The second-order valence-corrected chi connectivity index (χ2v) is 4.68. The minimum Gasteiger partial charge on any atom is -0.497 e. The van der Waals surface area contributed by atoms with Crippen LogP contribution < -0.4 is 15.5 Å². The molecule has 0 fully saturated rings. The van der Waals surface area contributed by atoms with Crippen LogP contribution in [0, 0.1) is 0 Å². The third kappa shape index (κ3) is 4.63. The molecule has 1 amide bonds. The van der Waals surface area contributed by atoms with Crippen molar-refractivity contribution in [2.24, 2.45) is 5.10 Å². The first-order valence-corrected chi connectivity index (χ1v) is 6.95. The Morgan fingerprint density at radius 3 is 2.41 bits per heavy atom. The average Bonchev–Trinajstić information content (AvgIpc) is 2.59. The van der Waals surface area contributed by atoms with Crippen LogP contribution in [0.15, 0.2) is 59.7 Å². The van der Waals surface area contributed by atoms with Gasteiger partial charge in [0.05, 0.1) is 19.4 Å². The highest BCUT2D eigenvalue weighted by atomic mass is 16.5. The highest BCUT2D eigenvalue weighted by molar-refractivity contribution is 5.99. The van der Waals surface area contributed by atoms with E-state index in [-0.39, 0.29) is 12.5 Å². The Bertz CT molecular complexity index is 637. The highest BCUT2D eigenvalue weighted by Crippen LogP contribution is 2.14. The van der Waals surface area contributed by atoms with Crippen molar-refractivity contribution in [1.82, 2.24) is 5.43 Å². The van der Waals surface area contributed by atoms with E-state index in [1.54, 1.807) is 7.11 Å². The summed E-state index contributed by atoms with van der Waals surface area (Å²) < 4.78 is 5.08. The van der Waals surface area contributed by atoms with Crippen molar-refractivity contribution in [1.29, 1.82) is 0 Å². The van der Waals surface area contributed by atoms with E-state index in [1.807, 2.05) is 61.5 Å². The Morgan fingerprint density at radius 2 is 1.77 bits per heavy atom. The summed E-state index contributed by atoms with van der Waals surface area (Å²) in [5.41, 5.74) is 5.12. The van der Waals surface area contributed by atoms with Gasteiger partial charge < -0.3 is 10.1 Å². The molecule has 0 saturated heterocycles. The molecule has 2 aromatic carbocycles. The monoisotopic (exact) mass is 297 g/mol. The Balaban J connectivity index is 1.82. The van der Waals surface area contributed by atoms with Crippen molar-refractivity contribution in [3.8, 4) is 5.75 Å². The number of anilines is 1. The molecule has 0 aromatic heterocycles. The molecule has 0 aliphatic carbocycles. The fraction of sp³-hybridized carbons (Fsp3) is 0.176. The average molecular weight is 297 g/mol. The molecule has 114 valence electrons. The zero-order valence-corrected chi connectivity index (χ0v) is 12.7. The minimum atomic E-state index is -0.203. The highest BCUT2D eigenvalue weighted by Gasteiger charge is 2.01. The number of hydrazone groups is 1. The molecule has 0 spiro atoms. The van der Waals surface area contributed by atoms with Crippen molar-refractivity contribution in [2.75, 3.05) is 19.0 Å². The maximum atomic E-state index is 11.8. The van der Waals surface area contributed by atoms with E-state index < -0.39 is 0 Å². The lowest BCUT2D eigenvalue weighted by Gasteiger charge is -2.07. The third-order valence-corrected chi connectivity index (χ3v) is 3.08. The second kappa shape index (κ2) is 7.83. The molecule has 2 rings (SSSR count). The predicted molar refractivity (Wildman–Crippen MR) is 88.3 cm³/mol. The van der Waals surface area contributed by atoms with Crippen LogP contribution in [0.3, 0.4) is 0 Å². The van der Waals surface area contributed by atoms with Gasteiger partial charge in [0.25, 0.3) is 5.91 Å². The molecular weight excluding hydrogens is 278 g/mol.